The minimum atomic E-state index is -4.36. The van der Waals surface area contributed by atoms with Crippen LogP contribution in [0.5, 0.6) is 0 Å². The van der Waals surface area contributed by atoms with Crippen LogP contribution in [-0.2, 0) is 6.18 Å². The van der Waals surface area contributed by atoms with Crippen molar-refractivity contribution in [3.63, 3.8) is 0 Å². The maximum atomic E-state index is 14.1. The Bertz CT molecular complexity index is 1130. The molecule has 4 rings (SSSR count). The van der Waals surface area contributed by atoms with E-state index in [0.717, 1.165) is 12.1 Å². The predicted octanol–water partition coefficient (Wildman–Crippen LogP) is 4.90. The summed E-state index contributed by atoms with van der Waals surface area (Å²) in [6, 6.07) is 10.1. The van der Waals surface area contributed by atoms with Crippen LogP contribution in [0.2, 0.25) is 0 Å². The SMILES string of the molecule is Cc1cc(F)cc2c(N3CCN(c4ccc(C(F)(F)F)cc4)CC3)c(C#N)cnc12. The van der Waals surface area contributed by atoms with Crippen LogP contribution in [0.1, 0.15) is 16.7 Å². The van der Waals surface area contributed by atoms with Gasteiger partial charge in [0.2, 0.25) is 0 Å². The monoisotopic (exact) mass is 414 g/mol. The van der Waals surface area contributed by atoms with E-state index in [1.807, 2.05) is 9.80 Å². The van der Waals surface area contributed by atoms with Crippen LogP contribution in [0.4, 0.5) is 28.9 Å². The summed E-state index contributed by atoms with van der Waals surface area (Å²) in [5.41, 5.74) is 2.40. The molecule has 0 unspecified atom stereocenters. The fourth-order valence-corrected chi connectivity index (χ4v) is 3.89. The van der Waals surface area contributed by atoms with E-state index in [4.69, 9.17) is 0 Å². The molecule has 0 N–H and O–H groups in total. The molecule has 1 aliphatic heterocycles. The highest BCUT2D eigenvalue weighted by Crippen LogP contribution is 2.34. The first kappa shape index (κ1) is 20.0. The third-order valence-electron chi connectivity index (χ3n) is 5.37. The number of fused-ring (bicyclic) bond motifs is 1. The highest BCUT2D eigenvalue weighted by molar-refractivity contribution is 5.96. The van der Waals surface area contributed by atoms with Gasteiger partial charge in [-0.1, -0.05) is 0 Å². The lowest BCUT2D eigenvalue weighted by molar-refractivity contribution is -0.137. The van der Waals surface area contributed by atoms with Gasteiger partial charge in [-0.2, -0.15) is 18.4 Å². The van der Waals surface area contributed by atoms with Crippen molar-refractivity contribution < 1.29 is 17.6 Å². The first-order chi connectivity index (χ1) is 14.3. The van der Waals surface area contributed by atoms with Crippen molar-refractivity contribution in [2.75, 3.05) is 36.0 Å². The lowest BCUT2D eigenvalue weighted by atomic mass is 10.0. The van der Waals surface area contributed by atoms with Crippen LogP contribution in [0.3, 0.4) is 0 Å². The van der Waals surface area contributed by atoms with Gasteiger partial charge in [-0.3, -0.25) is 4.98 Å². The minimum Gasteiger partial charge on any atom is -0.368 e. The highest BCUT2D eigenvalue weighted by Gasteiger charge is 2.30. The molecule has 2 aromatic carbocycles. The Morgan fingerprint density at radius 1 is 1.00 bits per heavy atom. The second kappa shape index (κ2) is 7.48. The summed E-state index contributed by atoms with van der Waals surface area (Å²) in [4.78, 5) is 8.33. The molecule has 1 aliphatic rings. The smallest absolute Gasteiger partial charge is 0.368 e. The molecule has 0 bridgehead atoms. The number of pyridine rings is 1. The van der Waals surface area contributed by atoms with Crippen molar-refractivity contribution >= 4 is 22.3 Å². The summed E-state index contributed by atoms with van der Waals surface area (Å²) >= 11 is 0. The number of nitrogens with zero attached hydrogens (tertiary/aromatic N) is 4. The number of aryl methyl sites for hydroxylation is 1. The zero-order chi connectivity index (χ0) is 21.5. The van der Waals surface area contributed by atoms with Crippen molar-refractivity contribution in [2.24, 2.45) is 0 Å². The van der Waals surface area contributed by atoms with Gasteiger partial charge in [0, 0.05) is 43.4 Å². The van der Waals surface area contributed by atoms with E-state index in [9.17, 15) is 22.8 Å². The Labute approximate surface area is 171 Å². The van der Waals surface area contributed by atoms with Gasteiger partial charge in [0.25, 0.3) is 0 Å². The first-order valence-electron chi connectivity index (χ1n) is 9.44. The molecule has 0 atom stereocenters. The Hall–Kier alpha value is -3.34. The van der Waals surface area contributed by atoms with Crippen LogP contribution in [-0.4, -0.2) is 31.2 Å². The normalized spacial score (nSPS) is 14.8. The number of anilines is 2. The number of hydrogen-bond donors (Lipinski definition) is 0. The summed E-state index contributed by atoms with van der Waals surface area (Å²) in [6.45, 7) is 3.99. The summed E-state index contributed by atoms with van der Waals surface area (Å²) in [6.07, 6.45) is -2.86. The lowest BCUT2D eigenvalue weighted by Crippen LogP contribution is -2.46. The molecule has 1 aromatic heterocycles. The predicted molar refractivity (Wildman–Crippen MR) is 107 cm³/mol. The molecule has 0 radical (unpaired) electrons. The van der Waals surface area contributed by atoms with Gasteiger partial charge in [0.05, 0.1) is 22.3 Å². The van der Waals surface area contributed by atoms with E-state index in [1.165, 1.54) is 30.5 Å². The molecular formula is C22H18F4N4. The van der Waals surface area contributed by atoms with Crippen LogP contribution in [0.25, 0.3) is 10.9 Å². The number of hydrogen-bond acceptors (Lipinski definition) is 4. The van der Waals surface area contributed by atoms with Crippen molar-refractivity contribution in [3.05, 3.63) is 65.1 Å². The maximum Gasteiger partial charge on any atom is 0.416 e. The molecule has 1 saturated heterocycles. The van der Waals surface area contributed by atoms with Gasteiger partial charge in [-0.15, -0.1) is 0 Å². The molecule has 4 nitrogen and oxygen atoms in total. The van der Waals surface area contributed by atoms with Crippen LogP contribution < -0.4 is 9.80 Å². The molecule has 154 valence electrons. The first-order valence-corrected chi connectivity index (χ1v) is 9.44. The van der Waals surface area contributed by atoms with E-state index >= 15 is 0 Å². The van der Waals surface area contributed by atoms with E-state index in [2.05, 4.69) is 11.1 Å². The average Bonchev–Trinajstić information content (AvgIpc) is 2.72. The number of piperazine rings is 1. The second-order valence-corrected chi connectivity index (χ2v) is 7.27. The molecule has 1 fully saturated rings. The summed E-state index contributed by atoms with van der Waals surface area (Å²) in [5.74, 6) is -0.387. The Morgan fingerprint density at radius 2 is 1.63 bits per heavy atom. The van der Waals surface area contributed by atoms with Crippen LogP contribution in [0, 0.1) is 24.1 Å². The molecule has 3 aromatic rings. The quantitative estimate of drug-likeness (QED) is 0.560. The average molecular weight is 414 g/mol. The van der Waals surface area contributed by atoms with Gasteiger partial charge in [0.15, 0.2) is 0 Å². The molecular weight excluding hydrogens is 396 g/mol. The Balaban J connectivity index is 1.60. The largest absolute Gasteiger partial charge is 0.416 e. The number of alkyl halides is 3. The zero-order valence-electron chi connectivity index (χ0n) is 16.2. The topological polar surface area (TPSA) is 43.2 Å². The van der Waals surface area contributed by atoms with Crippen molar-refractivity contribution in [1.82, 2.24) is 4.98 Å². The van der Waals surface area contributed by atoms with Crippen molar-refractivity contribution in [3.8, 4) is 6.07 Å². The molecule has 0 spiro atoms. The molecule has 8 heteroatoms. The number of rotatable bonds is 2. The fraction of sp³-hybridized carbons (Fsp3) is 0.273. The highest BCUT2D eigenvalue weighted by atomic mass is 19.4. The number of aromatic nitrogens is 1. The number of nitriles is 1. The van der Waals surface area contributed by atoms with Gasteiger partial charge >= 0.3 is 6.18 Å². The fourth-order valence-electron chi connectivity index (χ4n) is 3.89. The second-order valence-electron chi connectivity index (χ2n) is 7.27. The van der Waals surface area contributed by atoms with E-state index in [1.54, 1.807) is 6.92 Å². The van der Waals surface area contributed by atoms with Gasteiger partial charge in [-0.05, 0) is 48.9 Å². The van der Waals surface area contributed by atoms with Crippen molar-refractivity contribution in [1.29, 1.82) is 5.26 Å². The van der Waals surface area contributed by atoms with Gasteiger partial charge in [-0.25, -0.2) is 4.39 Å². The third-order valence-corrected chi connectivity index (χ3v) is 5.37. The zero-order valence-corrected chi connectivity index (χ0v) is 16.2. The van der Waals surface area contributed by atoms with Crippen LogP contribution in [0.15, 0.2) is 42.6 Å². The number of halogens is 4. The summed E-state index contributed by atoms with van der Waals surface area (Å²) in [7, 11) is 0. The van der Waals surface area contributed by atoms with Gasteiger partial charge in [0.1, 0.15) is 11.9 Å². The molecule has 0 amide bonds. The Morgan fingerprint density at radius 3 is 2.23 bits per heavy atom. The van der Waals surface area contributed by atoms with Gasteiger partial charge < -0.3 is 9.80 Å². The summed E-state index contributed by atoms with van der Waals surface area (Å²) < 4.78 is 52.4. The van der Waals surface area contributed by atoms with E-state index < -0.39 is 11.7 Å². The van der Waals surface area contributed by atoms with Crippen molar-refractivity contribution in [2.45, 2.75) is 13.1 Å². The minimum absolute atomic E-state index is 0.371. The van der Waals surface area contributed by atoms with E-state index in [-0.39, 0.29) is 5.82 Å². The Kier molecular flexibility index (Phi) is 4.98. The van der Waals surface area contributed by atoms with Crippen LogP contribution >= 0.6 is 0 Å². The summed E-state index contributed by atoms with van der Waals surface area (Å²) in [5, 5.41) is 10.1. The third kappa shape index (κ3) is 3.63. The molecule has 0 aliphatic carbocycles. The standard InChI is InChI=1S/C22H18F4N4/c1-14-10-17(23)11-19-20(14)28-13-15(12-27)21(19)30-8-6-29(7-9-30)18-4-2-16(3-5-18)22(24,25)26/h2-5,10-11,13H,6-9H2,1H3. The van der Waals surface area contributed by atoms with E-state index in [0.29, 0.717) is 59.6 Å². The molecule has 0 saturated carbocycles. The lowest BCUT2D eigenvalue weighted by Gasteiger charge is -2.38. The molecule has 2 heterocycles. The molecule has 30 heavy (non-hydrogen) atoms. The number of benzene rings is 2. The maximum absolute atomic E-state index is 14.1.